The van der Waals surface area contributed by atoms with Gasteiger partial charge in [0.05, 0.1) is 0 Å². The van der Waals surface area contributed by atoms with Crippen molar-refractivity contribution >= 4 is 38.8 Å². The maximum atomic E-state index is 5.56. The highest BCUT2D eigenvalue weighted by atomic mass is 79.9. The summed E-state index contributed by atoms with van der Waals surface area (Å²) in [6.45, 7) is 2.22. The minimum Gasteiger partial charge on any atom is -0.389 e. The van der Waals surface area contributed by atoms with Crippen LogP contribution < -0.4 is 11.1 Å². The number of hydrogen-bond donors (Lipinski definition) is 2. The predicted octanol–water partition coefficient (Wildman–Crippen LogP) is 3.05. The summed E-state index contributed by atoms with van der Waals surface area (Å²) in [7, 11) is 0. The molecule has 0 unspecified atom stereocenters. The van der Waals surface area contributed by atoms with Crippen LogP contribution in [0.15, 0.2) is 22.7 Å². The quantitative estimate of drug-likeness (QED) is 0.838. The number of thiocarbonyl (C=S) groups is 1. The third-order valence-electron chi connectivity index (χ3n) is 2.69. The Hall–Kier alpha value is -0.610. The number of anilines is 1. The minimum atomic E-state index is 0.285. The first-order valence-corrected chi connectivity index (χ1v) is 6.08. The van der Waals surface area contributed by atoms with E-state index in [1.54, 1.807) is 0 Å². The molecule has 2 nitrogen and oxygen atoms in total. The first kappa shape index (κ1) is 10.9. The highest BCUT2D eigenvalue weighted by Crippen LogP contribution is 2.39. The van der Waals surface area contributed by atoms with Crippen molar-refractivity contribution in [2.45, 2.75) is 25.3 Å². The average molecular weight is 285 g/mol. The van der Waals surface area contributed by atoms with Crippen LogP contribution in [-0.2, 0) is 0 Å². The summed E-state index contributed by atoms with van der Waals surface area (Å²) in [4.78, 5) is 0.430. The van der Waals surface area contributed by atoms with Crippen molar-refractivity contribution in [3.05, 3.63) is 28.2 Å². The Labute approximate surface area is 103 Å². The van der Waals surface area contributed by atoms with E-state index in [-0.39, 0.29) is 5.54 Å². The number of hydrogen-bond acceptors (Lipinski definition) is 2. The zero-order valence-electron chi connectivity index (χ0n) is 8.51. The summed E-state index contributed by atoms with van der Waals surface area (Å²) in [5, 5.41) is 3.50. The van der Waals surface area contributed by atoms with E-state index in [9.17, 15) is 0 Å². The van der Waals surface area contributed by atoms with Crippen molar-refractivity contribution < 1.29 is 0 Å². The van der Waals surface area contributed by atoms with Crippen molar-refractivity contribution in [1.82, 2.24) is 0 Å². The molecule has 1 aromatic rings. The van der Waals surface area contributed by atoms with E-state index >= 15 is 0 Å². The Morgan fingerprint density at radius 2 is 2.20 bits per heavy atom. The van der Waals surface area contributed by atoms with Gasteiger partial charge in [0, 0.05) is 21.3 Å². The van der Waals surface area contributed by atoms with Crippen molar-refractivity contribution in [3.63, 3.8) is 0 Å². The Bertz CT molecular complexity index is 413. The van der Waals surface area contributed by atoms with E-state index in [0.29, 0.717) is 4.99 Å². The van der Waals surface area contributed by atoms with Crippen molar-refractivity contribution in [2.24, 2.45) is 5.73 Å². The molecule has 0 bridgehead atoms. The molecule has 15 heavy (non-hydrogen) atoms. The molecule has 1 aliphatic rings. The van der Waals surface area contributed by atoms with E-state index in [1.165, 1.54) is 12.8 Å². The van der Waals surface area contributed by atoms with Crippen LogP contribution in [0.4, 0.5) is 5.69 Å². The highest BCUT2D eigenvalue weighted by molar-refractivity contribution is 9.10. The molecule has 1 aromatic carbocycles. The van der Waals surface area contributed by atoms with Crippen molar-refractivity contribution in [1.29, 1.82) is 0 Å². The molecule has 2 rings (SSSR count). The number of halogens is 1. The lowest BCUT2D eigenvalue weighted by Crippen LogP contribution is -2.16. The van der Waals surface area contributed by atoms with Crippen LogP contribution in [0.3, 0.4) is 0 Å². The smallest absolute Gasteiger partial charge is 0.104 e. The van der Waals surface area contributed by atoms with Gasteiger partial charge in [-0.05, 0) is 53.9 Å². The van der Waals surface area contributed by atoms with Gasteiger partial charge in [-0.15, -0.1) is 0 Å². The molecule has 80 valence electrons. The van der Waals surface area contributed by atoms with Gasteiger partial charge in [0.1, 0.15) is 4.99 Å². The Balaban J connectivity index is 2.22. The van der Waals surface area contributed by atoms with Gasteiger partial charge in [0.15, 0.2) is 0 Å². The van der Waals surface area contributed by atoms with Gasteiger partial charge in [-0.2, -0.15) is 0 Å². The number of nitrogens with one attached hydrogen (secondary N) is 1. The third kappa shape index (κ3) is 2.49. The molecule has 0 spiro atoms. The third-order valence-corrected chi connectivity index (χ3v) is 3.58. The summed E-state index contributed by atoms with van der Waals surface area (Å²) < 4.78 is 1.01. The molecule has 0 saturated heterocycles. The lowest BCUT2D eigenvalue weighted by Gasteiger charge is -2.15. The average Bonchev–Trinajstić information content (AvgIpc) is 2.87. The fraction of sp³-hybridized carbons (Fsp3) is 0.364. The van der Waals surface area contributed by atoms with Crippen LogP contribution >= 0.6 is 28.1 Å². The van der Waals surface area contributed by atoms with E-state index in [2.05, 4.69) is 28.2 Å². The van der Waals surface area contributed by atoms with Gasteiger partial charge in [-0.1, -0.05) is 12.2 Å². The van der Waals surface area contributed by atoms with E-state index in [4.69, 9.17) is 18.0 Å². The molecule has 1 fully saturated rings. The topological polar surface area (TPSA) is 38.0 Å². The normalized spacial score (nSPS) is 17.2. The summed E-state index contributed by atoms with van der Waals surface area (Å²) in [5.41, 5.74) is 7.85. The Morgan fingerprint density at radius 3 is 2.67 bits per heavy atom. The molecule has 0 heterocycles. The summed E-state index contributed by atoms with van der Waals surface area (Å²) in [6, 6.07) is 5.92. The standard InChI is InChI=1S/C11H13BrN2S/c1-11(4-5-11)14-9-3-2-7(10(13)15)6-8(9)12/h2-3,6,14H,4-5H2,1H3,(H2,13,15). The molecule has 1 saturated carbocycles. The zero-order chi connectivity index (χ0) is 11.1. The minimum absolute atomic E-state index is 0.285. The monoisotopic (exact) mass is 284 g/mol. The summed E-state index contributed by atoms with van der Waals surface area (Å²) in [5.74, 6) is 0. The van der Waals surface area contributed by atoms with Gasteiger partial charge in [0.25, 0.3) is 0 Å². The van der Waals surface area contributed by atoms with Gasteiger partial charge in [-0.3, -0.25) is 0 Å². The SMILES string of the molecule is CC1(Nc2ccc(C(N)=S)cc2Br)CC1. The Kier molecular flexibility index (Phi) is 2.73. The Morgan fingerprint density at radius 1 is 1.53 bits per heavy atom. The van der Waals surface area contributed by atoms with E-state index < -0.39 is 0 Å². The summed E-state index contributed by atoms with van der Waals surface area (Å²) >= 11 is 8.44. The van der Waals surface area contributed by atoms with Crippen LogP contribution in [0.2, 0.25) is 0 Å². The first-order chi connectivity index (χ1) is 7.00. The van der Waals surface area contributed by atoms with Gasteiger partial charge < -0.3 is 11.1 Å². The lowest BCUT2D eigenvalue weighted by molar-refractivity contribution is 0.828. The molecule has 0 amide bonds. The maximum absolute atomic E-state index is 5.56. The summed E-state index contributed by atoms with van der Waals surface area (Å²) in [6.07, 6.45) is 2.47. The first-order valence-electron chi connectivity index (χ1n) is 4.88. The molecule has 3 N–H and O–H groups in total. The second-order valence-corrected chi connectivity index (χ2v) is 5.54. The fourth-order valence-corrected chi connectivity index (χ4v) is 2.01. The lowest BCUT2D eigenvalue weighted by atomic mass is 10.2. The second-order valence-electron chi connectivity index (χ2n) is 4.24. The van der Waals surface area contributed by atoms with Gasteiger partial charge in [0.2, 0.25) is 0 Å². The number of nitrogens with two attached hydrogens (primary N) is 1. The van der Waals surface area contributed by atoms with E-state index in [1.807, 2.05) is 18.2 Å². The molecule has 1 aliphatic carbocycles. The largest absolute Gasteiger partial charge is 0.389 e. The van der Waals surface area contributed by atoms with Crippen LogP contribution in [0.5, 0.6) is 0 Å². The van der Waals surface area contributed by atoms with Crippen LogP contribution in [-0.4, -0.2) is 10.5 Å². The molecule has 4 heteroatoms. The van der Waals surface area contributed by atoms with Crippen LogP contribution in [0.25, 0.3) is 0 Å². The van der Waals surface area contributed by atoms with Crippen LogP contribution in [0, 0.1) is 0 Å². The van der Waals surface area contributed by atoms with Gasteiger partial charge in [-0.25, -0.2) is 0 Å². The number of benzene rings is 1. The molecular weight excluding hydrogens is 272 g/mol. The maximum Gasteiger partial charge on any atom is 0.104 e. The highest BCUT2D eigenvalue weighted by Gasteiger charge is 2.37. The molecule has 0 aliphatic heterocycles. The molecule has 0 atom stereocenters. The second kappa shape index (κ2) is 3.76. The number of rotatable bonds is 3. The molecule has 0 aromatic heterocycles. The van der Waals surface area contributed by atoms with Crippen molar-refractivity contribution in [2.75, 3.05) is 5.32 Å². The zero-order valence-corrected chi connectivity index (χ0v) is 10.9. The van der Waals surface area contributed by atoms with Crippen molar-refractivity contribution in [3.8, 4) is 0 Å². The fourth-order valence-electron chi connectivity index (χ4n) is 1.41. The van der Waals surface area contributed by atoms with Crippen LogP contribution in [0.1, 0.15) is 25.3 Å². The van der Waals surface area contributed by atoms with Gasteiger partial charge >= 0.3 is 0 Å². The predicted molar refractivity (Wildman–Crippen MR) is 71.3 cm³/mol. The molecule has 0 radical (unpaired) electrons. The van der Waals surface area contributed by atoms with E-state index in [0.717, 1.165) is 15.7 Å². The molecular formula is C11H13BrN2S.